The fourth-order valence-electron chi connectivity index (χ4n) is 6.06. The Kier molecular flexibility index (Phi) is 0.603. The lowest BCUT2D eigenvalue weighted by Gasteiger charge is -2.61. The van der Waals surface area contributed by atoms with Crippen LogP contribution in [0.1, 0.15) is 12.8 Å². The van der Waals surface area contributed by atoms with E-state index in [4.69, 9.17) is 0 Å². The monoisotopic (exact) mass is 158 g/mol. The van der Waals surface area contributed by atoms with Crippen molar-refractivity contribution in [3.8, 4) is 0 Å². The SMILES string of the molecule is C1=C\CC2C3C4C(C/1)C1C4C2C31. The van der Waals surface area contributed by atoms with Crippen LogP contribution in [0.5, 0.6) is 0 Å². The summed E-state index contributed by atoms with van der Waals surface area (Å²) in [6.07, 6.45) is 7.86. The molecule has 4 unspecified atom stereocenters. The minimum absolute atomic E-state index is 1.17. The van der Waals surface area contributed by atoms with E-state index in [0.29, 0.717) is 0 Å². The molecule has 0 N–H and O–H groups in total. The van der Waals surface area contributed by atoms with Gasteiger partial charge >= 0.3 is 0 Å². The third-order valence-electron chi connectivity index (χ3n) is 6.07. The third kappa shape index (κ3) is 0.289. The predicted octanol–water partition coefficient (Wildman–Crippen LogP) is 2.32. The lowest BCUT2D eigenvalue weighted by Crippen LogP contribution is -2.57. The van der Waals surface area contributed by atoms with Crippen molar-refractivity contribution in [2.75, 3.05) is 0 Å². The molecule has 0 heteroatoms. The second-order valence-electron chi connectivity index (χ2n) is 5.73. The molecule has 0 spiro atoms. The topological polar surface area (TPSA) is 0 Å². The lowest BCUT2D eigenvalue weighted by atomic mass is 9.43. The molecule has 0 heterocycles. The highest BCUT2D eigenvalue weighted by Crippen LogP contribution is 2.89. The molecular formula is C12H14. The molecule has 0 amide bonds. The zero-order valence-electron chi connectivity index (χ0n) is 7.19. The fraction of sp³-hybridized carbons (Fsp3) is 0.833. The van der Waals surface area contributed by atoms with E-state index in [1.807, 2.05) is 0 Å². The summed E-state index contributed by atoms with van der Waals surface area (Å²) in [5.74, 6) is 9.81. The summed E-state index contributed by atoms with van der Waals surface area (Å²) in [6, 6.07) is 0. The first-order chi connectivity index (χ1) is 5.98. The third-order valence-corrected chi connectivity index (χ3v) is 6.07. The van der Waals surface area contributed by atoms with Crippen molar-refractivity contribution >= 4 is 0 Å². The number of hydrogen-bond donors (Lipinski definition) is 0. The minimum atomic E-state index is 1.17. The van der Waals surface area contributed by atoms with Crippen molar-refractivity contribution in [2.45, 2.75) is 12.8 Å². The van der Waals surface area contributed by atoms with Gasteiger partial charge in [0.15, 0.2) is 0 Å². The van der Waals surface area contributed by atoms with Gasteiger partial charge < -0.3 is 0 Å². The van der Waals surface area contributed by atoms with Gasteiger partial charge in [-0.15, -0.1) is 0 Å². The van der Waals surface area contributed by atoms with Gasteiger partial charge in [0, 0.05) is 0 Å². The average molecular weight is 158 g/mol. The molecule has 0 aliphatic heterocycles. The van der Waals surface area contributed by atoms with Gasteiger partial charge in [-0.05, 0) is 60.2 Å². The zero-order valence-corrected chi connectivity index (χ0v) is 7.19. The Bertz CT molecular complexity index is 265. The van der Waals surface area contributed by atoms with Gasteiger partial charge in [-0.25, -0.2) is 0 Å². The van der Waals surface area contributed by atoms with Crippen LogP contribution in [-0.4, -0.2) is 0 Å². The summed E-state index contributed by atoms with van der Waals surface area (Å²) in [6.45, 7) is 0. The van der Waals surface area contributed by atoms with Crippen LogP contribution >= 0.6 is 0 Å². The highest BCUT2D eigenvalue weighted by molar-refractivity contribution is 5.34. The minimum Gasteiger partial charge on any atom is -0.0882 e. The smallest absolute Gasteiger partial charge is 0.0311 e. The van der Waals surface area contributed by atoms with Gasteiger partial charge in [0.2, 0.25) is 0 Å². The Morgan fingerprint density at radius 2 is 1.00 bits per heavy atom. The summed E-state index contributed by atoms with van der Waals surface area (Å²) in [5.41, 5.74) is 0. The van der Waals surface area contributed by atoms with Crippen LogP contribution in [0.2, 0.25) is 0 Å². The van der Waals surface area contributed by atoms with Gasteiger partial charge in [0.25, 0.3) is 0 Å². The van der Waals surface area contributed by atoms with E-state index in [-0.39, 0.29) is 0 Å². The number of rotatable bonds is 0. The Hall–Kier alpha value is -0.260. The van der Waals surface area contributed by atoms with Crippen molar-refractivity contribution in [3.05, 3.63) is 12.2 Å². The van der Waals surface area contributed by atoms with Gasteiger partial charge in [-0.2, -0.15) is 0 Å². The van der Waals surface area contributed by atoms with Crippen molar-refractivity contribution in [1.29, 1.82) is 0 Å². The summed E-state index contributed by atoms with van der Waals surface area (Å²) in [7, 11) is 0. The lowest BCUT2D eigenvalue weighted by molar-refractivity contribution is -0.142. The Balaban J connectivity index is 1.74. The number of hydrogen-bond acceptors (Lipinski definition) is 0. The van der Waals surface area contributed by atoms with Crippen molar-refractivity contribution in [3.63, 3.8) is 0 Å². The van der Waals surface area contributed by atoms with E-state index in [0.717, 1.165) is 0 Å². The van der Waals surface area contributed by atoms with Crippen LogP contribution in [0.15, 0.2) is 12.2 Å². The molecular weight excluding hydrogens is 144 g/mol. The Morgan fingerprint density at radius 3 is 1.50 bits per heavy atom. The molecule has 6 rings (SSSR count). The van der Waals surface area contributed by atoms with E-state index in [1.54, 1.807) is 0 Å². The van der Waals surface area contributed by atoms with Gasteiger partial charge in [0.05, 0.1) is 0 Å². The van der Waals surface area contributed by atoms with E-state index in [9.17, 15) is 0 Å². The van der Waals surface area contributed by atoms with Crippen LogP contribution < -0.4 is 0 Å². The first kappa shape index (κ1) is 5.47. The van der Waals surface area contributed by atoms with Crippen LogP contribution in [0.25, 0.3) is 0 Å². The van der Waals surface area contributed by atoms with Crippen molar-refractivity contribution in [1.82, 2.24) is 0 Å². The first-order valence-electron chi connectivity index (χ1n) is 5.63. The van der Waals surface area contributed by atoms with E-state index < -0.39 is 0 Å². The molecule has 0 aromatic carbocycles. The van der Waals surface area contributed by atoms with Gasteiger partial charge in [-0.1, -0.05) is 12.2 Å². The van der Waals surface area contributed by atoms with Crippen molar-refractivity contribution in [2.24, 2.45) is 47.3 Å². The average Bonchev–Trinajstić information content (AvgIpc) is 2.69. The normalized spacial score (nSPS) is 81.3. The maximum Gasteiger partial charge on any atom is -0.0311 e. The Labute approximate surface area is 73.0 Å². The largest absolute Gasteiger partial charge is 0.0882 e. The fourth-order valence-corrected chi connectivity index (χ4v) is 6.06. The molecule has 6 aliphatic carbocycles. The summed E-state index contributed by atoms with van der Waals surface area (Å²) >= 11 is 0. The zero-order chi connectivity index (χ0) is 7.45. The molecule has 0 nitrogen and oxygen atoms in total. The summed E-state index contributed by atoms with van der Waals surface area (Å²) in [4.78, 5) is 0. The predicted molar refractivity (Wildman–Crippen MR) is 46.3 cm³/mol. The van der Waals surface area contributed by atoms with E-state index in [2.05, 4.69) is 12.2 Å². The van der Waals surface area contributed by atoms with Crippen LogP contribution in [-0.2, 0) is 0 Å². The molecule has 4 atom stereocenters. The summed E-state index contributed by atoms with van der Waals surface area (Å²) in [5, 5.41) is 0. The Morgan fingerprint density at radius 1 is 0.583 bits per heavy atom. The standard InChI is InChI=1S/C12H14/c1-2-4-6-8-7-5(3-1)9-11(7)10(6)12(8)9/h1-2,5-12H,3-4H2/b2-1-. The molecule has 6 bridgehead atoms. The quantitative estimate of drug-likeness (QED) is 0.475. The molecule has 12 heavy (non-hydrogen) atoms. The second kappa shape index (κ2) is 1.32. The van der Waals surface area contributed by atoms with E-state index in [1.165, 1.54) is 60.2 Å². The molecule has 0 saturated heterocycles. The van der Waals surface area contributed by atoms with Gasteiger partial charge in [0.1, 0.15) is 0 Å². The maximum absolute atomic E-state index is 2.49. The molecule has 0 aromatic rings. The highest BCUT2D eigenvalue weighted by Gasteiger charge is 2.85. The van der Waals surface area contributed by atoms with Crippen LogP contribution in [0.3, 0.4) is 0 Å². The van der Waals surface area contributed by atoms with Gasteiger partial charge in [-0.3, -0.25) is 0 Å². The molecule has 0 radical (unpaired) electrons. The molecule has 5 fully saturated rings. The highest BCUT2D eigenvalue weighted by atomic mass is 14.9. The maximum atomic E-state index is 2.49. The number of allylic oxidation sites excluding steroid dienone is 2. The second-order valence-corrected chi connectivity index (χ2v) is 5.73. The molecule has 5 saturated carbocycles. The van der Waals surface area contributed by atoms with E-state index >= 15 is 0 Å². The molecule has 62 valence electrons. The van der Waals surface area contributed by atoms with Crippen LogP contribution in [0.4, 0.5) is 0 Å². The molecule has 0 aromatic heterocycles. The van der Waals surface area contributed by atoms with Crippen LogP contribution in [0, 0.1) is 47.3 Å². The summed E-state index contributed by atoms with van der Waals surface area (Å²) < 4.78 is 0. The molecule has 6 aliphatic rings. The first-order valence-corrected chi connectivity index (χ1v) is 5.63. The van der Waals surface area contributed by atoms with Crippen molar-refractivity contribution < 1.29 is 0 Å².